The number of aryl methyl sites for hydroxylation is 2. The molecule has 0 radical (unpaired) electrons. The second-order valence-corrected chi connectivity index (χ2v) is 7.93. The molecule has 1 aliphatic rings. The van der Waals surface area contributed by atoms with E-state index in [2.05, 4.69) is 5.32 Å². The molecule has 1 saturated heterocycles. The van der Waals surface area contributed by atoms with Gasteiger partial charge in [0.15, 0.2) is 0 Å². The van der Waals surface area contributed by atoms with Crippen molar-refractivity contribution in [2.45, 2.75) is 46.1 Å². The predicted octanol–water partition coefficient (Wildman–Crippen LogP) is 2.45. The third kappa shape index (κ3) is 3.67. The van der Waals surface area contributed by atoms with E-state index in [-0.39, 0.29) is 11.7 Å². The van der Waals surface area contributed by atoms with Crippen molar-refractivity contribution < 1.29 is 13.2 Å². The molecule has 1 aromatic carbocycles. The highest BCUT2D eigenvalue weighted by molar-refractivity contribution is 7.89. The van der Waals surface area contributed by atoms with Crippen LogP contribution in [0.5, 0.6) is 0 Å². The first-order valence-electron chi connectivity index (χ1n) is 7.73. The average Bonchev–Trinajstić information content (AvgIpc) is 2.93. The Morgan fingerprint density at radius 3 is 2.77 bits per heavy atom. The molecule has 1 aliphatic heterocycles. The Labute approximate surface area is 132 Å². The second kappa shape index (κ2) is 6.79. The number of carbonyl (C=O) groups is 1. The molecule has 1 aromatic rings. The zero-order valence-electron chi connectivity index (χ0n) is 13.4. The van der Waals surface area contributed by atoms with Gasteiger partial charge in [0.2, 0.25) is 15.9 Å². The van der Waals surface area contributed by atoms with Gasteiger partial charge < -0.3 is 5.32 Å². The van der Waals surface area contributed by atoms with Gasteiger partial charge in [-0.15, -0.1) is 0 Å². The predicted molar refractivity (Wildman–Crippen MR) is 88.4 cm³/mol. The first-order chi connectivity index (χ1) is 10.3. The van der Waals surface area contributed by atoms with E-state index in [1.165, 1.54) is 4.31 Å². The summed E-state index contributed by atoms with van der Waals surface area (Å²) in [6.45, 7) is 6.16. The summed E-state index contributed by atoms with van der Waals surface area (Å²) in [6, 6.07) is 5.26. The van der Waals surface area contributed by atoms with Crippen molar-refractivity contribution in [1.29, 1.82) is 0 Å². The fraction of sp³-hybridized carbons (Fsp3) is 0.562. The Morgan fingerprint density at radius 1 is 1.36 bits per heavy atom. The minimum atomic E-state index is -3.34. The maximum absolute atomic E-state index is 12.5. The molecule has 22 heavy (non-hydrogen) atoms. The summed E-state index contributed by atoms with van der Waals surface area (Å²) in [5.41, 5.74) is 2.78. The largest absolute Gasteiger partial charge is 0.324 e. The van der Waals surface area contributed by atoms with Gasteiger partial charge in [0, 0.05) is 12.2 Å². The molecule has 1 fully saturated rings. The molecule has 1 atom stereocenters. The van der Waals surface area contributed by atoms with E-state index in [0.717, 1.165) is 23.2 Å². The molecule has 1 N–H and O–H groups in total. The van der Waals surface area contributed by atoms with Crippen LogP contribution in [0.3, 0.4) is 0 Å². The fourth-order valence-electron chi connectivity index (χ4n) is 2.80. The third-order valence-corrected chi connectivity index (χ3v) is 6.05. The van der Waals surface area contributed by atoms with Crippen molar-refractivity contribution in [3.05, 3.63) is 29.3 Å². The van der Waals surface area contributed by atoms with Gasteiger partial charge in [-0.25, -0.2) is 8.42 Å². The third-order valence-electron chi connectivity index (χ3n) is 3.98. The molecule has 0 aromatic heterocycles. The van der Waals surface area contributed by atoms with E-state index in [4.69, 9.17) is 0 Å². The van der Waals surface area contributed by atoms with Gasteiger partial charge in [0.05, 0.1) is 5.75 Å². The smallest absolute Gasteiger partial charge is 0.242 e. The number of benzene rings is 1. The number of nitrogens with one attached hydrogen (secondary N) is 1. The minimum absolute atomic E-state index is 0.0975. The molecule has 2 rings (SSSR count). The van der Waals surface area contributed by atoms with Gasteiger partial charge >= 0.3 is 0 Å². The van der Waals surface area contributed by atoms with Crippen molar-refractivity contribution in [1.82, 2.24) is 4.31 Å². The van der Waals surface area contributed by atoms with Crippen molar-refractivity contribution in [3.8, 4) is 0 Å². The summed E-state index contributed by atoms with van der Waals surface area (Å²) in [6.07, 6.45) is 1.87. The van der Waals surface area contributed by atoms with Crippen LogP contribution in [0.4, 0.5) is 5.69 Å². The Hall–Kier alpha value is -1.40. The second-order valence-electron chi connectivity index (χ2n) is 5.89. The number of hydrogen-bond donors (Lipinski definition) is 1. The Balaban J connectivity index is 2.16. The van der Waals surface area contributed by atoms with Crippen molar-refractivity contribution >= 4 is 21.6 Å². The number of carbonyl (C=O) groups excluding carboxylic acids is 1. The molecule has 1 heterocycles. The standard InChI is InChI=1S/C16H24N2O3S/c1-4-10-22(20,21)18-9-5-6-15(18)16(19)17-14-11-12(2)7-8-13(14)3/h7-8,11,15H,4-6,9-10H2,1-3H3,(H,17,19). The van der Waals surface area contributed by atoms with Crippen LogP contribution in [-0.4, -0.2) is 37.0 Å². The number of rotatable bonds is 5. The summed E-state index contributed by atoms with van der Waals surface area (Å²) in [4.78, 5) is 12.5. The number of amides is 1. The molecular formula is C16H24N2O3S. The molecule has 0 bridgehead atoms. The molecule has 0 saturated carbocycles. The van der Waals surface area contributed by atoms with Gasteiger partial charge in [-0.3, -0.25) is 4.79 Å². The summed E-state index contributed by atoms with van der Waals surface area (Å²) in [5, 5.41) is 2.89. The van der Waals surface area contributed by atoms with E-state index < -0.39 is 16.1 Å². The molecule has 5 nitrogen and oxygen atoms in total. The normalized spacial score (nSPS) is 19.3. The van der Waals surface area contributed by atoms with Gasteiger partial charge in [-0.2, -0.15) is 4.31 Å². The first-order valence-corrected chi connectivity index (χ1v) is 9.33. The molecule has 1 amide bonds. The van der Waals surface area contributed by atoms with Crippen molar-refractivity contribution in [2.75, 3.05) is 17.6 Å². The van der Waals surface area contributed by atoms with Crippen LogP contribution >= 0.6 is 0 Å². The fourth-order valence-corrected chi connectivity index (χ4v) is 4.54. The lowest BCUT2D eigenvalue weighted by Gasteiger charge is -2.23. The van der Waals surface area contributed by atoms with E-state index in [9.17, 15) is 13.2 Å². The quantitative estimate of drug-likeness (QED) is 0.904. The van der Waals surface area contributed by atoms with Crippen LogP contribution in [0.25, 0.3) is 0 Å². The van der Waals surface area contributed by atoms with E-state index in [1.54, 1.807) is 0 Å². The van der Waals surface area contributed by atoms with Crippen LogP contribution in [0.15, 0.2) is 18.2 Å². The van der Waals surface area contributed by atoms with E-state index >= 15 is 0 Å². The molecule has 122 valence electrons. The number of hydrogen-bond acceptors (Lipinski definition) is 3. The Bertz CT molecular complexity index is 655. The molecule has 6 heteroatoms. The SMILES string of the molecule is CCCS(=O)(=O)N1CCCC1C(=O)Nc1cc(C)ccc1C. The Kier molecular flexibility index (Phi) is 5.24. The molecule has 1 unspecified atom stereocenters. The van der Waals surface area contributed by atoms with Gasteiger partial charge in [0.25, 0.3) is 0 Å². The van der Waals surface area contributed by atoms with Crippen LogP contribution in [0.1, 0.15) is 37.3 Å². The highest BCUT2D eigenvalue weighted by atomic mass is 32.2. The summed E-state index contributed by atoms with van der Waals surface area (Å²) in [7, 11) is -3.34. The first kappa shape index (κ1) is 17.0. The van der Waals surface area contributed by atoms with Crippen LogP contribution in [-0.2, 0) is 14.8 Å². The molecule has 0 spiro atoms. The Morgan fingerprint density at radius 2 is 2.09 bits per heavy atom. The van der Waals surface area contributed by atoms with Crippen molar-refractivity contribution in [3.63, 3.8) is 0 Å². The topological polar surface area (TPSA) is 66.5 Å². The highest BCUT2D eigenvalue weighted by Gasteiger charge is 2.38. The zero-order chi connectivity index (χ0) is 16.3. The van der Waals surface area contributed by atoms with E-state index in [0.29, 0.717) is 19.4 Å². The van der Waals surface area contributed by atoms with Crippen LogP contribution < -0.4 is 5.32 Å². The summed E-state index contributed by atoms with van der Waals surface area (Å²) < 4.78 is 25.9. The number of nitrogens with zero attached hydrogens (tertiary/aromatic N) is 1. The maximum Gasteiger partial charge on any atom is 0.242 e. The van der Waals surface area contributed by atoms with Gasteiger partial charge in [0.1, 0.15) is 6.04 Å². The lowest BCUT2D eigenvalue weighted by atomic mass is 10.1. The van der Waals surface area contributed by atoms with Crippen molar-refractivity contribution in [2.24, 2.45) is 0 Å². The van der Waals surface area contributed by atoms with Crippen LogP contribution in [0, 0.1) is 13.8 Å². The molecule has 0 aliphatic carbocycles. The van der Waals surface area contributed by atoms with Gasteiger partial charge in [-0.05, 0) is 50.3 Å². The zero-order valence-corrected chi connectivity index (χ0v) is 14.2. The molecular weight excluding hydrogens is 300 g/mol. The maximum atomic E-state index is 12.5. The van der Waals surface area contributed by atoms with Crippen LogP contribution in [0.2, 0.25) is 0 Å². The minimum Gasteiger partial charge on any atom is -0.324 e. The summed E-state index contributed by atoms with van der Waals surface area (Å²) in [5.74, 6) is -0.133. The number of anilines is 1. The average molecular weight is 324 g/mol. The lowest BCUT2D eigenvalue weighted by Crippen LogP contribution is -2.44. The van der Waals surface area contributed by atoms with E-state index in [1.807, 2.05) is 39.0 Å². The lowest BCUT2D eigenvalue weighted by molar-refractivity contribution is -0.119. The highest BCUT2D eigenvalue weighted by Crippen LogP contribution is 2.24. The summed E-state index contributed by atoms with van der Waals surface area (Å²) >= 11 is 0. The van der Waals surface area contributed by atoms with Gasteiger partial charge in [-0.1, -0.05) is 19.1 Å². The number of sulfonamides is 1. The monoisotopic (exact) mass is 324 g/mol.